The molecule has 3 rings (SSSR count). The number of fused-ring (bicyclic) bond motifs is 1. The van der Waals surface area contributed by atoms with Gasteiger partial charge in [0.05, 0.1) is 16.0 Å². The van der Waals surface area contributed by atoms with Crippen LogP contribution >= 0.6 is 0 Å². The number of rotatable bonds is 4. The van der Waals surface area contributed by atoms with Crippen molar-refractivity contribution in [3.8, 4) is 0 Å². The van der Waals surface area contributed by atoms with E-state index in [1.165, 1.54) is 32.0 Å². The number of hydrogen-bond donors (Lipinski definition) is 2. The van der Waals surface area contributed by atoms with Crippen molar-refractivity contribution in [2.75, 3.05) is 0 Å². The molecule has 2 aromatic carbocycles. The Morgan fingerprint density at radius 2 is 1.88 bits per heavy atom. The number of carbonyl (C=O) groups is 1. The van der Waals surface area contributed by atoms with Crippen molar-refractivity contribution in [2.24, 2.45) is 0 Å². The fraction of sp³-hybridized carbons (Fsp3) is 0.222. The Labute approximate surface area is 148 Å². The number of aliphatic hydroxyl groups excluding tert-OH is 1. The van der Waals surface area contributed by atoms with Crippen LogP contribution in [0.3, 0.4) is 0 Å². The standard InChI is InChI=1S/C18H17N3O5/c1-18(2,24)16(22)15-13-10-12(21(25)26)8-9-14(13)20(19-15)17(23)11-6-4-3-5-7-11/h3-10,16,22,24H,1-2H3. The number of hydrogen-bond acceptors (Lipinski definition) is 6. The van der Waals surface area contributed by atoms with E-state index in [4.69, 9.17) is 0 Å². The molecular weight excluding hydrogens is 338 g/mol. The normalized spacial score (nSPS) is 12.9. The lowest BCUT2D eigenvalue weighted by molar-refractivity contribution is -0.384. The average molecular weight is 355 g/mol. The van der Waals surface area contributed by atoms with Crippen LogP contribution in [0.15, 0.2) is 48.5 Å². The Kier molecular flexibility index (Phi) is 4.31. The van der Waals surface area contributed by atoms with E-state index in [0.717, 1.165) is 4.68 Å². The first-order chi connectivity index (χ1) is 12.2. The summed E-state index contributed by atoms with van der Waals surface area (Å²) in [6.07, 6.45) is -1.43. The highest BCUT2D eigenvalue weighted by Crippen LogP contribution is 2.32. The van der Waals surface area contributed by atoms with Crippen molar-refractivity contribution in [1.29, 1.82) is 0 Å². The predicted octanol–water partition coefficient (Wildman–Crippen LogP) is 2.44. The highest BCUT2D eigenvalue weighted by atomic mass is 16.6. The van der Waals surface area contributed by atoms with Crippen molar-refractivity contribution < 1.29 is 19.9 Å². The van der Waals surface area contributed by atoms with E-state index in [9.17, 15) is 25.1 Å². The second-order valence-electron chi connectivity index (χ2n) is 6.48. The van der Waals surface area contributed by atoms with Crippen LogP contribution in [0.4, 0.5) is 5.69 Å². The van der Waals surface area contributed by atoms with Gasteiger partial charge in [0.2, 0.25) is 0 Å². The molecule has 0 fully saturated rings. The SMILES string of the molecule is CC(C)(O)C(O)c1nn(C(=O)c2ccccc2)c2ccc([N+](=O)[O-])cc12. The molecule has 1 unspecified atom stereocenters. The fourth-order valence-electron chi connectivity index (χ4n) is 2.64. The van der Waals surface area contributed by atoms with Gasteiger partial charge in [-0.05, 0) is 32.0 Å². The topological polar surface area (TPSA) is 118 Å². The number of aromatic nitrogens is 2. The molecule has 26 heavy (non-hydrogen) atoms. The van der Waals surface area contributed by atoms with Gasteiger partial charge in [0, 0.05) is 23.1 Å². The lowest BCUT2D eigenvalue weighted by Crippen LogP contribution is -2.29. The quantitative estimate of drug-likeness (QED) is 0.548. The summed E-state index contributed by atoms with van der Waals surface area (Å²) in [4.78, 5) is 23.3. The predicted molar refractivity (Wildman–Crippen MR) is 93.8 cm³/mol. The number of nitro benzene ring substituents is 1. The van der Waals surface area contributed by atoms with Crippen molar-refractivity contribution in [3.05, 3.63) is 69.9 Å². The lowest BCUT2D eigenvalue weighted by atomic mass is 9.97. The maximum absolute atomic E-state index is 12.8. The highest BCUT2D eigenvalue weighted by Gasteiger charge is 2.32. The van der Waals surface area contributed by atoms with Gasteiger partial charge in [-0.2, -0.15) is 9.78 Å². The number of benzene rings is 2. The molecule has 0 radical (unpaired) electrons. The maximum atomic E-state index is 12.8. The van der Waals surface area contributed by atoms with Crippen molar-refractivity contribution >= 4 is 22.5 Å². The summed E-state index contributed by atoms with van der Waals surface area (Å²) in [7, 11) is 0. The van der Waals surface area contributed by atoms with Crippen LogP contribution in [0.5, 0.6) is 0 Å². The Bertz CT molecular complexity index is 989. The third-order valence-electron chi connectivity index (χ3n) is 4.04. The molecule has 0 saturated heterocycles. The number of carbonyl (C=O) groups excluding carboxylic acids is 1. The molecule has 1 heterocycles. The molecule has 0 spiro atoms. The molecule has 2 N–H and O–H groups in total. The molecule has 8 heteroatoms. The molecule has 0 saturated carbocycles. The summed E-state index contributed by atoms with van der Waals surface area (Å²) in [5.41, 5.74) is -1.07. The van der Waals surface area contributed by atoms with E-state index >= 15 is 0 Å². The second-order valence-corrected chi connectivity index (χ2v) is 6.48. The molecule has 1 atom stereocenters. The van der Waals surface area contributed by atoms with Crippen LogP contribution in [0.25, 0.3) is 10.9 Å². The lowest BCUT2D eigenvalue weighted by Gasteiger charge is -2.23. The first-order valence-corrected chi connectivity index (χ1v) is 7.87. The number of aliphatic hydroxyl groups is 2. The second kappa shape index (κ2) is 6.32. The molecule has 0 amide bonds. The fourth-order valence-corrected chi connectivity index (χ4v) is 2.64. The molecule has 134 valence electrons. The summed E-state index contributed by atoms with van der Waals surface area (Å²) >= 11 is 0. The van der Waals surface area contributed by atoms with E-state index in [0.29, 0.717) is 11.1 Å². The zero-order valence-corrected chi connectivity index (χ0v) is 14.2. The number of nitrogens with zero attached hydrogens (tertiary/aromatic N) is 3. The van der Waals surface area contributed by atoms with Gasteiger partial charge in [0.15, 0.2) is 0 Å². The zero-order chi connectivity index (χ0) is 19.1. The van der Waals surface area contributed by atoms with Gasteiger partial charge < -0.3 is 10.2 Å². The van der Waals surface area contributed by atoms with E-state index in [1.807, 2.05) is 0 Å². The van der Waals surface area contributed by atoms with E-state index < -0.39 is 22.5 Å². The van der Waals surface area contributed by atoms with Crippen LogP contribution in [-0.4, -0.2) is 36.4 Å². The molecule has 3 aromatic rings. The smallest absolute Gasteiger partial charge is 0.278 e. The third kappa shape index (κ3) is 3.07. The highest BCUT2D eigenvalue weighted by molar-refractivity contribution is 6.02. The molecule has 0 bridgehead atoms. The Morgan fingerprint density at radius 1 is 1.23 bits per heavy atom. The Morgan fingerprint density at radius 3 is 2.46 bits per heavy atom. The monoisotopic (exact) mass is 355 g/mol. The minimum absolute atomic E-state index is 0.000445. The summed E-state index contributed by atoms with van der Waals surface area (Å²) < 4.78 is 1.08. The van der Waals surface area contributed by atoms with Crippen LogP contribution in [0.1, 0.15) is 36.0 Å². The number of non-ortho nitro benzene ring substituents is 1. The molecule has 0 aliphatic rings. The van der Waals surface area contributed by atoms with Crippen LogP contribution < -0.4 is 0 Å². The van der Waals surface area contributed by atoms with E-state index in [-0.39, 0.29) is 16.8 Å². The van der Waals surface area contributed by atoms with Gasteiger partial charge in [0.1, 0.15) is 11.8 Å². The van der Waals surface area contributed by atoms with Gasteiger partial charge >= 0.3 is 0 Å². The average Bonchev–Trinajstić information content (AvgIpc) is 2.98. The zero-order valence-electron chi connectivity index (χ0n) is 14.2. The molecule has 1 aromatic heterocycles. The Hall–Kier alpha value is -3.10. The van der Waals surface area contributed by atoms with Gasteiger partial charge in [0.25, 0.3) is 11.6 Å². The molecule has 0 aliphatic carbocycles. The van der Waals surface area contributed by atoms with E-state index in [1.54, 1.807) is 30.3 Å². The summed E-state index contributed by atoms with van der Waals surface area (Å²) in [5, 5.41) is 36.1. The summed E-state index contributed by atoms with van der Waals surface area (Å²) in [6, 6.07) is 12.3. The van der Waals surface area contributed by atoms with Crippen molar-refractivity contribution in [2.45, 2.75) is 25.6 Å². The summed E-state index contributed by atoms with van der Waals surface area (Å²) in [6.45, 7) is 2.78. The minimum Gasteiger partial charge on any atom is -0.387 e. The first-order valence-electron chi connectivity index (χ1n) is 7.87. The molecular formula is C18H17N3O5. The van der Waals surface area contributed by atoms with Crippen LogP contribution in [0.2, 0.25) is 0 Å². The Balaban J connectivity index is 2.25. The maximum Gasteiger partial charge on any atom is 0.278 e. The third-order valence-corrected chi connectivity index (χ3v) is 4.04. The minimum atomic E-state index is -1.55. The molecule has 0 aliphatic heterocycles. The van der Waals surface area contributed by atoms with Crippen molar-refractivity contribution in [1.82, 2.24) is 9.78 Å². The largest absolute Gasteiger partial charge is 0.387 e. The van der Waals surface area contributed by atoms with Gasteiger partial charge in [-0.3, -0.25) is 14.9 Å². The van der Waals surface area contributed by atoms with Crippen molar-refractivity contribution in [3.63, 3.8) is 0 Å². The van der Waals surface area contributed by atoms with Gasteiger partial charge in [-0.25, -0.2) is 0 Å². The van der Waals surface area contributed by atoms with E-state index in [2.05, 4.69) is 5.10 Å². The van der Waals surface area contributed by atoms with Gasteiger partial charge in [-0.1, -0.05) is 18.2 Å². The van der Waals surface area contributed by atoms with Crippen LogP contribution in [-0.2, 0) is 0 Å². The molecule has 8 nitrogen and oxygen atoms in total. The van der Waals surface area contributed by atoms with Gasteiger partial charge in [-0.15, -0.1) is 0 Å². The first kappa shape index (κ1) is 17.7. The summed E-state index contributed by atoms with van der Waals surface area (Å²) in [5.74, 6) is -0.446. The van der Waals surface area contributed by atoms with Crippen LogP contribution in [0, 0.1) is 10.1 Å². The number of nitro groups is 1.